The predicted octanol–water partition coefficient (Wildman–Crippen LogP) is 3.52. The van der Waals surface area contributed by atoms with E-state index in [2.05, 4.69) is 62.8 Å². The maximum Gasteiger partial charge on any atom is 0.122 e. The summed E-state index contributed by atoms with van der Waals surface area (Å²) in [4.78, 5) is 4.36. The molecule has 1 aromatic carbocycles. The average Bonchev–Trinajstić information content (AvgIpc) is 2.84. The summed E-state index contributed by atoms with van der Waals surface area (Å²) in [6.07, 6.45) is 3.86. The lowest BCUT2D eigenvalue weighted by Crippen LogP contribution is -2.20. The van der Waals surface area contributed by atoms with Crippen molar-refractivity contribution in [2.45, 2.75) is 33.0 Å². The quantitative estimate of drug-likeness (QED) is 0.916. The van der Waals surface area contributed by atoms with Crippen LogP contribution in [0.25, 0.3) is 0 Å². The minimum absolute atomic E-state index is 0.294. The molecule has 2 rings (SSSR count). The van der Waals surface area contributed by atoms with Crippen molar-refractivity contribution in [3.05, 3.63) is 52.5 Å². The molecule has 1 aromatic heterocycles. The zero-order valence-corrected chi connectivity index (χ0v) is 12.3. The van der Waals surface area contributed by atoms with Gasteiger partial charge in [-0.15, -0.1) is 0 Å². The number of nitrogens with zero attached hydrogens (tertiary/aromatic N) is 2. The molecule has 1 N–H and O–H groups in total. The largest absolute Gasteiger partial charge is 0.334 e. The lowest BCUT2D eigenvalue weighted by atomic mass is 10.1. The molecular formula is C14H18BrN3. The predicted molar refractivity (Wildman–Crippen MR) is 77.3 cm³/mol. The maximum atomic E-state index is 4.36. The van der Waals surface area contributed by atoms with Crippen molar-refractivity contribution in [2.24, 2.45) is 0 Å². The molecule has 0 aliphatic heterocycles. The first-order valence-electron chi connectivity index (χ1n) is 6.20. The lowest BCUT2D eigenvalue weighted by molar-refractivity contribution is 0.539. The van der Waals surface area contributed by atoms with Crippen LogP contribution in [0.15, 0.2) is 41.1 Å². The van der Waals surface area contributed by atoms with Gasteiger partial charge in [0.1, 0.15) is 5.82 Å². The molecule has 0 aliphatic rings. The maximum absolute atomic E-state index is 4.36. The third-order valence-corrected chi connectivity index (χ3v) is 3.80. The molecule has 0 spiro atoms. The number of nitrogens with one attached hydrogen (secondary N) is 1. The normalized spacial score (nSPS) is 12.6. The van der Waals surface area contributed by atoms with Crippen molar-refractivity contribution in [1.29, 1.82) is 0 Å². The molecule has 0 amide bonds. The molecule has 0 saturated carbocycles. The summed E-state index contributed by atoms with van der Waals surface area (Å²) in [5, 5.41) is 3.50. The molecule has 2 aromatic rings. The van der Waals surface area contributed by atoms with Gasteiger partial charge in [0.15, 0.2) is 0 Å². The van der Waals surface area contributed by atoms with Crippen LogP contribution in [0.2, 0.25) is 0 Å². The SMILES string of the molecule is CCn1ccnc1CN[C@@H](C)c1ccccc1Br. The number of hydrogen-bond donors (Lipinski definition) is 1. The van der Waals surface area contributed by atoms with Crippen molar-refractivity contribution < 1.29 is 0 Å². The van der Waals surface area contributed by atoms with Crippen LogP contribution < -0.4 is 5.32 Å². The molecule has 0 radical (unpaired) electrons. The Morgan fingerprint density at radius 2 is 2.17 bits per heavy atom. The first-order valence-corrected chi connectivity index (χ1v) is 6.99. The summed E-state index contributed by atoms with van der Waals surface area (Å²) in [5.41, 5.74) is 1.27. The van der Waals surface area contributed by atoms with E-state index < -0.39 is 0 Å². The van der Waals surface area contributed by atoms with Crippen LogP contribution in [0.4, 0.5) is 0 Å². The number of halogens is 1. The molecule has 1 heterocycles. The number of rotatable bonds is 5. The summed E-state index contributed by atoms with van der Waals surface area (Å²) in [5.74, 6) is 1.08. The molecule has 3 nitrogen and oxygen atoms in total. The molecule has 0 saturated heterocycles. The summed E-state index contributed by atoms with van der Waals surface area (Å²) in [6, 6.07) is 8.59. The lowest BCUT2D eigenvalue weighted by Gasteiger charge is -2.16. The summed E-state index contributed by atoms with van der Waals surface area (Å²) in [6.45, 7) is 6.03. The third-order valence-electron chi connectivity index (χ3n) is 3.08. The molecule has 4 heteroatoms. The minimum Gasteiger partial charge on any atom is -0.334 e. The molecule has 96 valence electrons. The summed E-state index contributed by atoms with van der Waals surface area (Å²) < 4.78 is 3.29. The van der Waals surface area contributed by atoms with E-state index in [0.29, 0.717) is 6.04 Å². The molecule has 18 heavy (non-hydrogen) atoms. The van der Waals surface area contributed by atoms with Crippen LogP contribution in [0.1, 0.15) is 31.3 Å². The van der Waals surface area contributed by atoms with Crippen molar-refractivity contribution in [3.8, 4) is 0 Å². The van der Waals surface area contributed by atoms with Crippen LogP contribution in [-0.4, -0.2) is 9.55 Å². The number of imidazole rings is 1. The van der Waals surface area contributed by atoms with Gasteiger partial charge in [0.25, 0.3) is 0 Å². The van der Waals surface area contributed by atoms with E-state index in [-0.39, 0.29) is 0 Å². The van der Waals surface area contributed by atoms with Crippen LogP contribution >= 0.6 is 15.9 Å². The Morgan fingerprint density at radius 3 is 2.89 bits per heavy atom. The van der Waals surface area contributed by atoms with Gasteiger partial charge in [0.2, 0.25) is 0 Å². The van der Waals surface area contributed by atoms with Gasteiger partial charge in [-0.25, -0.2) is 4.98 Å². The highest BCUT2D eigenvalue weighted by Gasteiger charge is 2.09. The second kappa shape index (κ2) is 6.16. The second-order valence-corrected chi connectivity index (χ2v) is 5.11. The molecule has 1 atom stereocenters. The molecular weight excluding hydrogens is 290 g/mol. The van der Waals surface area contributed by atoms with Gasteiger partial charge in [0, 0.05) is 29.5 Å². The standard InChI is InChI=1S/C14H18BrN3/c1-3-18-9-8-16-14(18)10-17-11(2)12-6-4-5-7-13(12)15/h4-9,11,17H,3,10H2,1-2H3/t11-/m0/s1. The number of hydrogen-bond acceptors (Lipinski definition) is 2. The summed E-state index contributed by atoms with van der Waals surface area (Å²) >= 11 is 3.58. The molecule has 0 bridgehead atoms. The highest BCUT2D eigenvalue weighted by molar-refractivity contribution is 9.10. The number of aromatic nitrogens is 2. The topological polar surface area (TPSA) is 29.9 Å². The Hall–Kier alpha value is -1.13. The van der Waals surface area contributed by atoms with Gasteiger partial charge < -0.3 is 9.88 Å². The van der Waals surface area contributed by atoms with E-state index in [0.717, 1.165) is 23.4 Å². The molecule has 0 aliphatic carbocycles. The smallest absolute Gasteiger partial charge is 0.122 e. The average molecular weight is 308 g/mol. The zero-order chi connectivity index (χ0) is 13.0. The van der Waals surface area contributed by atoms with Gasteiger partial charge in [-0.2, -0.15) is 0 Å². The van der Waals surface area contributed by atoms with Crippen LogP contribution in [-0.2, 0) is 13.1 Å². The highest BCUT2D eigenvalue weighted by atomic mass is 79.9. The third kappa shape index (κ3) is 3.00. The number of benzene rings is 1. The van der Waals surface area contributed by atoms with Crippen molar-refractivity contribution in [1.82, 2.24) is 14.9 Å². The first-order chi connectivity index (χ1) is 8.72. The van der Waals surface area contributed by atoms with Crippen LogP contribution in [0.3, 0.4) is 0 Å². The monoisotopic (exact) mass is 307 g/mol. The Bertz CT molecular complexity index is 507. The van der Waals surface area contributed by atoms with E-state index in [4.69, 9.17) is 0 Å². The number of aryl methyl sites for hydroxylation is 1. The van der Waals surface area contributed by atoms with Crippen molar-refractivity contribution in [3.63, 3.8) is 0 Å². The fourth-order valence-corrected chi connectivity index (χ4v) is 2.60. The van der Waals surface area contributed by atoms with E-state index in [1.807, 2.05) is 18.5 Å². The van der Waals surface area contributed by atoms with Crippen molar-refractivity contribution >= 4 is 15.9 Å². The fraction of sp³-hybridized carbons (Fsp3) is 0.357. The Balaban J connectivity index is 2.01. The Kier molecular flexibility index (Phi) is 4.55. The summed E-state index contributed by atoms with van der Waals surface area (Å²) in [7, 11) is 0. The minimum atomic E-state index is 0.294. The van der Waals surface area contributed by atoms with Crippen molar-refractivity contribution in [2.75, 3.05) is 0 Å². The fourth-order valence-electron chi connectivity index (χ4n) is 1.98. The van der Waals surface area contributed by atoms with E-state index >= 15 is 0 Å². The van der Waals surface area contributed by atoms with E-state index in [1.54, 1.807) is 0 Å². The van der Waals surface area contributed by atoms with Gasteiger partial charge in [-0.1, -0.05) is 34.1 Å². The molecule has 0 unspecified atom stereocenters. The second-order valence-electron chi connectivity index (χ2n) is 4.25. The van der Waals surface area contributed by atoms with Gasteiger partial charge >= 0.3 is 0 Å². The van der Waals surface area contributed by atoms with Gasteiger partial charge in [-0.3, -0.25) is 0 Å². The molecule has 0 fully saturated rings. The van der Waals surface area contributed by atoms with E-state index in [9.17, 15) is 0 Å². The Morgan fingerprint density at radius 1 is 1.39 bits per heavy atom. The zero-order valence-electron chi connectivity index (χ0n) is 10.7. The van der Waals surface area contributed by atoms with E-state index in [1.165, 1.54) is 5.56 Å². The van der Waals surface area contributed by atoms with Crippen LogP contribution in [0, 0.1) is 0 Å². The van der Waals surface area contributed by atoms with Gasteiger partial charge in [-0.05, 0) is 25.5 Å². The highest BCUT2D eigenvalue weighted by Crippen LogP contribution is 2.22. The Labute approximate surface area is 116 Å². The van der Waals surface area contributed by atoms with Gasteiger partial charge in [0.05, 0.1) is 6.54 Å². The first kappa shape index (κ1) is 13.3. The van der Waals surface area contributed by atoms with Crippen LogP contribution in [0.5, 0.6) is 0 Å².